The number of hydrogen-bond donors (Lipinski definition) is 0. The van der Waals surface area contributed by atoms with E-state index >= 15 is 0 Å². The van der Waals surface area contributed by atoms with Gasteiger partial charge >= 0.3 is 0 Å². The quantitative estimate of drug-likeness (QED) is 0.254. The molecule has 4 rings (SSSR count). The number of rotatable bonds is 6. The molecule has 4 saturated carbocycles. The lowest BCUT2D eigenvalue weighted by Gasteiger charge is -2.60. The maximum absolute atomic E-state index is 5.00. The highest BCUT2D eigenvalue weighted by Crippen LogP contribution is 2.67. The van der Waals surface area contributed by atoms with Gasteiger partial charge in [0.05, 0.1) is 0 Å². The minimum atomic E-state index is 0.683. The third-order valence-corrected chi connectivity index (χ3v) is 11.5. The molecule has 4 aliphatic rings. The molecule has 9 atom stereocenters. The van der Waals surface area contributed by atoms with E-state index in [1.807, 2.05) is 26.8 Å². The topological polar surface area (TPSA) is 0 Å². The Morgan fingerprint density at radius 2 is 1.61 bits per heavy atom. The smallest absolute Gasteiger partial charge is 0.0194 e. The van der Waals surface area contributed by atoms with Gasteiger partial charge in [-0.1, -0.05) is 105 Å². The summed E-state index contributed by atoms with van der Waals surface area (Å²) >= 11 is 0. The van der Waals surface area contributed by atoms with E-state index in [0.717, 1.165) is 47.0 Å². The van der Waals surface area contributed by atoms with Crippen LogP contribution in [0.15, 0.2) is 24.3 Å². The summed E-state index contributed by atoms with van der Waals surface area (Å²) in [7, 11) is 0. The standard InChI is InChI=1S/C27H48.C7H8.C2H6/c1-6-8-19(3)23-12-13-25-22-14-16-26(4)18-20(9-7-2)10-11-24(26)21(22)15-17-27(23,25)5;1-4-7(5-2)6-3;1-2/h19-25H,6-18H2,1-5H3;1,5-6H,2H2,3H3;1-2H3/b;7-6-;. The number of terminal acetylenes is 1. The van der Waals surface area contributed by atoms with E-state index < -0.39 is 0 Å². The first-order chi connectivity index (χ1) is 17.3. The first kappa shape index (κ1) is 31.3. The van der Waals surface area contributed by atoms with Crippen molar-refractivity contribution < 1.29 is 0 Å². The van der Waals surface area contributed by atoms with Gasteiger partial charge < -0.3 is 0 Å². The minimum Gasteiger partial charge on any atom is -0.115 e. The Balaban J connectivity index is 0.000000440. The van der Waals surface area contributed by atoms with E-state index in [2.05, 4.69) is 47.1 Å². The first-order valence-corrected chi connectivity index (χ1v) is 16.0. The van der Waals surface area contributed by atoms with Crippen LogP contribution in [0.3, 0.4) is 0 Å². The molecule has 0 aliphatic heterocycles. The summed E-state index contributed by atoms with van der Waals surface area (Å²) in [6.07, 6.45) is 28.3. The average molecular weight is 495 g/mol. The Labute approximate surface area is 227 Å². The van der Waals surface area contributed by atoms with Crippen LogP contribution in [0.4, 0.5) is 0 Å². The van der Waals surface area contributed by atoms with Gasteiger partial charge in [0.1, 0.15) is 0 Å². The molecular formula is C36H62. The summed E-state index contributed by atoms with van der Waals surface area (Å²) < 4.78 is 0. The molecule has 0 amide bonds. The summed E-state index contributed by atoms with van der Waals surface area (Å²) in [5, 5.41) is 0. The van der Waals surface area contributed by atoms with Crippen molar-refractivity contribution in [2.75, 3.05) is 0 Å². The first-order valence-electron chi connectivity index (χ1n) is 16.0. The molecule has 0 aromatic heterocycles. The second kappa shape index (κ2) is 14.3. The summed E-state index contributed by atoms with van der Waals surface area (Å²) in [6, 6.07) is 0. The Hall–Kier alpha value is -0.960. The van der Waals surface area contributed by atoms with Crippen LogP contribution in [0.1, 0.15) is 139 Å². The molecule has 0 aromatic carbocycles. The molecule has 4 fully saturated rings. The Bertz CT molecular complexity index is 736. The fourth-order valence-electron chi connectivity index (χ4n) is 9.97. The maximum Gasteiger partial charge on any atom is 0.0194 e. The average Bonchev–Trinajstić information content (AvgIpc) is 3.24. The molecule has 0 saturated heterocycles. The number of hydrogen-bond acceptors (Lipinski definition) is 0. The normalized spacial score (nSPS) is 40.0. The number of allylic oxidation sites excluding steroid dienone is 3. The second-order valence-electron chi connectivity index (χ2n) is 13.3. The fraction of sp³-hybridized carbons (Fsp3) is 0.833. The predicted molar refractivity (Wildman–Crippen MR) is 162 cm³/mol. The van der Waals surface area contributed by atoms with Gasteiger partial charge in [0.2, 0.25) is 0 Å². The summed E-state index contributed by atoms with van der Waals surface area (Å²) in [4.78, 5) is 0. The van der Waals surface area contributed by atoms with Crippen molar-refractivity contribution in [1.29, 1.82) is 0 Å². The molecule has 0 heteroatoms. The highest BCUT2D eigenvalue weighted by Gasteiger charge is 2.59. The van der Waals surface area contributed by atoms with E-state index in [0.29, 0.717) is 10.8 Å². The second-order valence-corrected chi connectivity index (χ2v) is 13.3. The van der Waals surface area contributed by atoms with Crippen molar-refractivity contribution in [1.82, 2.24) is 0 Å². The van der Waals surface area contributed by atoms with Gasteiger partial charge in [-0.25, -0.2) is 0 Å². The van der Waals surface area contributed by atoms with Crippen LogP contribution >= 0.6 is 0 Å². The monoisotopic (exact) mass is 494 g/mol. The van der Waals surface area contributed by atoms with Gasteiger partial charge in [0.15, 0.2) is 0 Å². The van der Waals surface area contributed by atoms with Crippen molar-refractivity contribution in [3.05, 3.63) is 24.3 Å². The van der Waals surface area contributed by atoms with Crippen molar-refractivity contribution in [3.63, 3.8) is 0 Å². The Kier molecular flexibility index (Phi) is 12.4. The molecule has 0 heterocycles. The molecule has 0 aromatic rings. The molecule has 0 spiro atoms. The van der Waals surface area contributed by atoms with Gasteiger partial charge in [0, 0.05) is 5.57 Å². The molecule has 0 N–H and O–H groups in total. The Morgan fingerprint density at radius 3 is 2.17 bits per heavy atom. The van der Waals surface area contributed by atoms with Gasteiger partial charge in [-0.15, -0.1) is 6.42 Å². The molecule has 9 unspecified atom stereocenters. The summed E-state index contributed by atoms with van der Waals surface area (Å²) in [5.74, 6) is 9.79. The lowest BCUT2D eigenvalue weighted by molar-refractivity contribution is -0.108. The van der Waals surface area contributed by atoms with Gasteiger partial charge in [-0.3, -0.25) is 0 Å². The number of fused-ring (bicyclic) bond motifs is 5. The molecule has 0 radical (unpaired) electrons. The van der Waals surface area contributed by atoms with E-state index in [4.69, 9.17) is 6.42 Å². The van der Waals surface area contributed by atoms with E-state index in [1.165, 1.54) is 25.7 Å². The highest BCUT2D eigenvalue weighted by molar-refractivity contribution is 5.33. The van der Waals surface area contributed by atoms with Crippen molar-refractivity contribution in [2.45, 2.75) is 139 Å². The fourth-order valence-corrected chi connectivity index (χ4v) is 9.97. The molecule has 4 aliphatic carbocycles. The van der Waals surface area contributed by atoms with Crippen LogP contribution in [0.2, 0.25) is 0 Å². The van der Waals surface area contributed by atoms with Crippen LogP contribution in [0.5, 0.6) is 0 Å². The summed E-state index contributed by atoms with van der Waals surface area (Å²) in [5.41, 5.74) is 2.23. The van der Waals surface area contributed by atoms with E-state index in [1.54, 1.807) is 63.9 Å². The molecule has 0 bridgehead atoms. The van der Waals surface area contributed by atoms with Crippen molar-refractivity contribution >= 4 is 0 Å². The lowest BCUT2D eigenvalue weighted by Crippen LogP contribution is -2.52. The SMILES string of the molecule is C#C/C(C=C)=C/C.CC.CCCC1CCC2C3CCC4(C)C(C(C)CCC)CCC4C3CCC2(C)C1. The van der Waals surface area contributed by atoms with Gasteiger partial charge in [-0.2, -0.15) is 0 Å². The predicted octanol–water partition coefficient (Wildman–Crippen LogP) is 11.3. The zero-order chi connectivity index (χ0) is 26.9. The molecule has 0 nitrogen and oxygen atoms in total. The van der Waals surface area contributed by atoms with Gasteiger partial charge in [0.25, 0.3) is 0 Å². The zero-order valence-corrected chi connectivity index (χ0v) is 25.7. The molecule has 206 valence electrons. The zero-order valence-electron chi connectivity index (χ0n) is 25.7. The highest BCUT2D eigenvalue weighted by atomic mass is 14.6. The minimum absolute atomic E-state index is 0.683. The third kappa shape index (κ3) is 6.54. The Morgan fingerprint density at radius 1 is 0.972 bits per heavy atom. The van der Waals surface area contributed by atoms with E-state index in [9.17, 15) is 0 Å². The van der Waals surface area contributed by atoms with Crippen LogP contribution in [-0.4, -0.2) is 0 Å². The largest absolute Gasteiger partial charge is 0.115 e. The van der Waals surface area contributed by atoms with E-state index in [-0.39, 0.29) is 0 Å². The van der Waals surface area contributed by atoms with Gasteiger partial charge in [-0.05, 0) is 111 Å². The van der Waals surface area contributed by atoms with Crippen LogP contribution < -0.4 is 0 Å². The molecular weight excluding hydrogens is 432 g/mol. The van der Waals surface area contributed by atoms with Crippen LogP contribution in [0.25, 0.3) is 0 Å². The molecule has 36 heavy (non-hydrogen) atoms. The summed E-state index contributed by atoms with van der Waals surface area (Å²) in [6.45, 7) is 22.2. The maximum atomic E-state index is 5.00. The van der Waals surface area contributed by atoms with Crippen LogP contribution in [0, 0.1) is 64.6 Å². The lowest BCUT2D eigenvalue weighted by atomic mass is 9.45. The van der Waals surface area contributed by atoms with Crippen LogP contribution in [-0.2, 0) is 0 Å². The van der Waals surface area contributed by atoms with Crippen molar-refractivity contribution in [2.24, 2.45) is 52.3 Å². The van der Waals surface area contributed by atoms with Crippen molar-refractivity contribution in [3.8, 4) is 12.3 Å². The third-order valence-electron chi connectivity index (χ3n) is 11.5.